The van der Waals surface area contributed by atoms with Crippen molar-refractivity contribution in [1.29, 1.82) is 0 Å². The average molecular weight is 457 g/mol. The second kappa shape index (κ2) is 9.14. The third-order valence-electron chi connectivity index (χ3n) is 5.90. The Morgan fingerprint density at radius 1 is 1.00 bits per heavy atom. The summed E-state index contributed by atoms with van der Waals surface area (Å²) in [5, 5.41) is 19.3. The number of hydrogen-bond donors (Lipinski definition) is 3. The van der Waals surface area contributed by atoms with Crippen molar-refractivity contribution in [2.45, 2.75) is 24.9 Å². The first kappa shape index (κ1) is 21.9. The van der Waals surface area contributed by atoms with E-state index in [-0.39, 0.29) is 18.8 Å². The number of nitrogen functional groups attached to an aromatic ring is 1. The normalized spacial score (nSPS) is 19.9. The van der Waals surface area contributed by atoms with Crippen LogP contribution >= 0.6 is 0 Å². The maximum atomic E-state index is 12.4. The molecule has 4 aromatic rings. The van der Waals surface area contributed by atoms with Crippen LogP contribution in [0.1, 0.15) is 12.6 Å². The van der Waals surface area contributed by atoms with Gasteiger partial charge in [0.15, 0.2) is 0 Å². The molecule has 0 unspecified atom stereocenters. The van der Waals surface area contributed by atoms with Crippen molar-refractivity contribution in [3.63, 3.8) is 0 Å². The van der Waals surface area contributed by atoms with Crippen LogP contribution in [0.4, 0.5) is 5.82 Å². The van der Waals surface area contributed by atoms with E-state index in [2.05, 4.69) is 15.0 Å². The van der Waals surface area contributed by atoms with Gasteiger partial charge in [0.2, 0.25) is 0 Å². The van der Waals surface area contributed by atoms with Gasteiger partial charge in [0.25, 0.3) is 0 Å². The van der Waals surface area contributed by atoms with E-state index >= 15 is 0 Å². The van der Waals surface area contributed by atoms with Gasteiger partial charge in [-0.05, 0) is 29.3 Å². The predicted molar refractivity (Wildman–Crippen MR) is 126 cm³/mol. The Bertz CT molecular complexity index is 1340. The fourth-order valence-electron chi connectivity index (χ4n) is 4.03. The quantitative estimate of drug-likeness (QED) is 0.415. The largest absolute Gasteiger partial charge is 0.394 e. The molecule has 0 aliphatic carbocycles. The maximum absolute atomic E-state index is 12.4. The summed E-state index contributed by atoms with van der Waals surface area (Å²) < 4.78 is 6.91. The molecule has 1 aliphatic rings. The van der Waals surface area contributed by atoms with Gasteiger partial charge in [-0.15, -0.1) is 0 Å². The number of nitrogens with two attached hydrogens (primary N) is 1. The molecule has 172 valence electrons. The topological polar surface area (TPSA) is 136 Å². The molecule has 1 aromatic carbocycles. The van der Waals surface area contributed by atoms with Crippen LogP contribution in [0.15, 0.2) is 78.0 Å². The molecule has 1 fully saturated rings. The molecule has 5 rings (SSSR count). The highest BCUT2D eigenvalue weighted by molar-refractivity contribution is 5.75. The number of aliphatic hydroxyl groups excluding tert-OH is 2. The monoisotopic (exact) mass is 457 g/mol. The highest BCUT2D eigenvalue weighted by Crippen LogP contribution is 2.31. The summed E-state index contributed by atoms with van der Waals surface area (Å²) in [7, 11) is 0. The van der Waals surface area contributed by atoms with E-state index in [4.69, 9.17) is 10.5 Å². The predicted octanol–water partition coefficient (Wildman–Crippen LogP) is 2.26. The van der Waals surface area contributed by atoms with Crippen LogP contribution in [-0.2, 0) is 4.74 Å². The summed E-state index contributed by atoms with van der Waals surface area (Å²) >= 11 is 0. The van der Waals surface area contributed by atoms with E-state index in [1.807, 2.05) is 54.6 Å². The van der Waals surface area contributed by atoms with Crippen LogP contribution in [0.5, 0.6) is 0 Å². The SMILES string of the molecule is Nc1nc(=O)n([C@H]2C[C@H](O)[C@@H](CO)O2)cc1-c1ccc(-c2ccc(-c3ccccn3)nc2)cc1. The Balaban J connectivity index is 1.41. The molecule has 9 nitrogen and oxygen atoms in total. The fraction of sp³-hybridized carbons (Fsp3) is 0.200. The molecular weight excluding hydrogens is 434 g/mol. The minimum absolute atomic E-state index is 0.104. The lowest BCUT2D eigenvalue weighted by Crippen LogP contribution is -2.28. The number of nitrogens with zero attached hydrogens (tertiary/aromatic N) is 4. The summed E-state index contributed by atoms with van der Waals surface area (Å²) in [6.07, 6.45) is 2.97. The van der Waals surface area contributed by atoms with Crippen molar-refractivity contribution in [2.24, 2.45) is 0 Å². The molecule has 1 aliphatic heterocycles. The summed E-state index contributed by atoms with van der Waals surface area (Å²) in [5.74, 6) is 0.104. The number of ether oxygens (including phenoxy) is 1. The van der Waals surface area contributed by atoms with Crippen LogP contribution in [0.25, 0.3) is 33.6 Å². The van der Waals surface area contributed by atoms with Gasteiger partial charge < -0.3 is 20.7 Å². The molecule has 1 saturated heterocycles. The average Bonchev–Trinajstić information content (AvgIpc) is 3.25. The van der Waals surface area contributed by atoms with Gasteiger partial charge in [0.05, 0.1) is 24.1 Å². The Morgan fingerprint density at radius 2 is 1.74 bits per heavy atom. The molecule has 0 spiro atoms. The summed E-state index contributed by atoms with van der Waals surface area (Å²) in [6.45, 7) is -0.333. The number of aliphatic hydroxyl groups is 2. The third kappa shape index (κ3) is 4.19. The van der Waals surface area contributed by atoms with Crippen LogP contribution in [0.3, 0.4) is 0 Å². The Morgan fingerprint density at radius 3 is 2.38 bits per heavy atom. The van der Waals surface area contributed by atoms with Crippen molar-refractivity contribution in [2.75, 3.05) is 12.3 Å². The fourth-order valence-corrected chi connectivity index (χ4v) is 4.03. The molecule has 0 saturated carbocycles. The molecular formula is C25H23N5O4. The molecule has 3 atom stereocenters. The maximum Gasteiger partial charge on any atom is 0.351 e. The van der Waals surface area contributed by atoms with E-state index in [9.17, 15) is 15.0 Å². The van der Waals surface area contributed by atoms with Gasteiger partial charge in [0, 0.05) is 36.1 Å². The zero-order valence-electron chi connectivity index (χ0n) is 18.2. The number of hydrogen-bond acceptors (Lipinski definition) is 8. The van der Waals surface area contributed by atoms with E-state index < -0.39 is 24.1 Å². The number of rotatable bonds is 5. The van der Waals surface area contributed by atoms with Crippen LogP contribution < -0.4 is 11.4 Å². The number of anilines is 1. The molecule has 4 heterocycles. The van der Waals surface area contributed by atoms with Crippen molar-refractivity contribution >= 4 is 5.82 Å². The van der Waals surface area contributed by atoms with Gasteiger partial charge in [-0.2, -0.15) is 4.98 Å². The van der Waals surface area contributed by atoms with Crippen LogP contribution in [0, 0.1) is 0 Å². The number of pyridine rings is 2. The number of aromatic nitrogens is 4. The minimum atomic E-state index is -0.861. The summed E-state index contributed by atoms with van der Waals surface area (Å²) in [5.41, 5.74) is 10.3. The highest BCUT2D eigenvalue weighted by Gasteiger charge is 2.35. The first-order valence-electron chi connectivity index (χ1n) is 10.8. The lowest BCUT2D eigenvalue weighted by molar-refractivity contribution is -0.0458. The van der Waals surface area contributed by atoms with Crippen molar-refractivity contribution < 1.29 is 14.9 Å². The minimum Gasteiger partial charge on any atom is -0.394 e. The van der Waals surface area contributed by atoms with Crippen molar-refractivity contribution in [1.82, 2.24) is 19.5 Å². The van der Waals surface area contributed by atoms with Crippen LogP contribution in [-0.4, -0.2) is 48.5 Å². The van der Waals surface area contributed by atoms with Crippen molar-refractivity contribution in [3.8, 4) is 33.6 Å². The second-order valence-corrected chi connectivity index (χ2v) is 8.07. The second-order valence-electron chi connectivity index (χ2n) is 8.07. The Hall–Kier alpha value is -3.92. The van der Waals surface area contributed by atoms with Gasteiger partial charge >= 0.3 is 5.69 Å². The molecule has 0 amide bonds. The molecule has 34 heavy (non-hydrogen) atoms. The Labute approximate surface area is 195 Å². The van der Waals surface area contributed by atoms with Crippen molar-refractivity contribution in [3.05, 3.63) is 83.7 Å². The standard InChI is InChI=1S/C25H23N5O4/c26-24-18(13-30(25(33)29-24)23-11-21(32)22(14-31)34-23)16-6-4-15(5-7-16)17-8-9-20(28-12-17)19-3-1-2-10-27-19/h1-10,12-13,21-23,31-32H,11,14H2,(H2,26,29,33)/t21-,22+,23+/m0/s1. The molecule has 9 heteroatoms. The van der Waals surface area contributed by atoms with Crippen LogP contribution in [0.2, 0.25) is 0 Å². The highest BCUT2D eigenvalue weighted by atomic mass is 16.5. The summed E-state index contributed by atoms with van der Waals surface area (Å²) in [4.78, 5) is 25.2. The Kier molecular flexibility index (Phi) is 5.89. The summed E-state index contributed by atoms with van der Waals surface area (Å²) in [6, 6.07) is 17.3. The number of benzene rings is 1. The van der Waals surface area contributed by atoms with E-state index in [0.29, 0.717) is 5.56 Å². The van der Waals surface area contributed by atoms with E-state index in [1.165, 1.54) is 4.57 Å². The zero-order chi connectivity index (χ0) is 23.7. The lowest BCUT2D eigenvalue weighted by Gasteiger charge is -2.16. The zero-order valence-corrected chi connectivity index (χ0v) is 18.2. The molecule has 0 bridgehead atoms. The van der Waals surface area contributed by atoms with Gasteiger partial charge in [0.1, 0.15) is 18.1 Å². The van der Waals surface area contributed by atoms with E-state index in [1.54, 1.807) is 18.6 Å². The smallest absolute Gasteiger partial charge is 0.351 e. The lowest BCUT2D eigenvalue weighted by atomic mass is 10.0. The first-order valence-corrected chi connectivity index (χ1v) is 10.8. The van der Waals surface area contributed by atoms with Gasteiger partial charge in [-0.3, -0.25) is 14.5 Å². The first-order chi connectivity index (χ1) is 16.5. The van der Waals surface area contributed by atoms with Gasteiger partial charge in [-0.25, -0.2) is 4.79 Å². The molecule has 0 radical (unpaired) electrons. The third-order valence-corrected chi connectivity index (χ3v) is 5.90. The molecule has 3 aromatic heterocycles. The van der Waals surface area contributed by atoms with Gasteiger partial charge in [-0.1, -0.05) is 36.4 Å². The molecule has 4 N–H and O–H groups in total. The van der Waals surface area contributed by atoms with E-state index in [0.717, 1.165) is 28.1 Å².